The molecule has 1 aliphatic rings. The van der Waals surface area contributed by atoms with Gasteiger partial charge in [0.1, 0.15) is 0 Å². The van der Waals surface area contributed by atoms with E-state index in [0.29, 0.717) is 24.5 Å². The largest absolute Gasteiger partial charge is 0.490 e. The third kappa shape index (κ3) is 4.58. The van der Waals surface area contributed by atoms with Gasteiger partial charge in [-0.05, 0) is 56.3 Å². The van der Waals surface area contributed by atoms with Crippen molar-refractivity contribution in [2.75, 3.05) is 18.5 Å². The smallest absolute Gasteiger partial charge is 0.237 e. The van der Waals surface area contributed by atoms with E-state index in [0.717, 1.165) is 22.8 Å². The Hall–Kier alpha value is -2.47. The molecule has 1 heterocycles. The summed E-state index contributed by atoms with van der Waals surface area (Å²) in [5.74, 6) is 1.37. The summed E-state index contributed by atoms with van der Waals surface area (Å²) in [4.78, 5) is 24.7. The number of thioether (sulfide) groups is 1. The Labute approximate surface area is 157 Å². The average molecular weight is 371 g/mol. The van der Waals surface area contributed by atoms with Gasteiger partial charge in [0.15, 0.2) is 17.3 Å². The van der Waals surface area contributed by atoms with E-state index in [1.807, 2.05) is 25.1 Å². The molecule has 26 heavy (non-hydrogen) atoms. The van der Waals surface area contributed by atoms with Crippen molar-refractivity contribution in [2.24, 2.45) is 0 Å². The summed E-state index contributed by atoms with van der Waals surface area (Å²) in [6, 6.07) is 12.6. The summed E-state index contributed by atoms with van der Waals surface area (Å²) in [6.45, 7) is 4.66. The van der Waals surface area contributed by atoms with Crippen molar-refractivity contribution in [1.29, 1.82) is 0 Å². The predicted molar refractivity (Wildman–Crippen MR) is 102 cm³/mol. The molecular formula is C20H21NO4S. The molecule has 0 aromatic heterocycles. The maximum atomic E-state index is 12.4. The molecule has 6 heteroatoms. The molecule has 2 aromatic rings. The van der Waals surface area contributed by atoms with E-state index in [2.05, 4.69) is 5.32 Å². The van der Waals surface area contributed by atoms with Gasteiger partial charge in [-0.25, -0.2) is 0 Å². The zero-order valence-electron chi connectivity index (χ0n) is 14.8. The van der Waals surface area contributed by atoms with Crippen LogP contribution in [0, 0.1) is 0 Å². The summed E-state index contributed by atoms with van der Waals surface area (Å²) in [6.07, 6.45) is 0.860. The van der Waals surface area contributed by atoms with E-state index in [4.69, 9.17) is 9.47 Å². The minimum absolute atomic E-state index is 0.00112. The predicted octanol–water partition coefficient (Wildman–Crippen LogP) is 4.17. The van der Waals surface area contributed by atoms with Gasteiger partial charge >= 0.3 is 0 Å². The van der Waals surface area contributed by atoms with Crippen LogP contribution in [-0.4, -0.2) is 30.2 Å². The number of rotatable bonds is 5. The van der Waals surface area contributed by atoms with E-state index >= 15 is 0 Å². The highest BCUT2D eigenvalue weighted by Crippen LogP contribution is 2.35. The van der Waals surface area contributed by atoms with Gasteiger partial charge in [0, 0.05) is 22.6 Å². The first-order valence-electron chi connectivity index (χ1n) is 8.51. The van der Waals surface area contributed by atoms with Crippen LogP contribution in [-0.2, 0) is 4.79 Å². The molecule has 3 rings (SSSR count). The Morgan fingerprint density at radius 2 is 1.73 bits per heavy atom. The first-order valence-corrected chi connectivity index (χ1v) is 9.39. The van der Waals surface area contributed by atoms with Crippen LogP contribution in [0.2, 0.25) is 0 Å². The lowest BCUT2D eigenvalue weighted by atomic mass is 10.1. The molecule has 0 bridgehead atoms. The van der Waals surface area contributed by atoms with Crippen molar-refractivity contribution in [3.63, 3.8) is 0 Å². The molecule has 1 atom stereocenters. The number of fused-ring (bicyclic) bond motifs is 1. The van der Waals surface area contributed by atoms with Crippen molar-refractivity contribution in [3.05, 3.63) is 48.0 Å². The maximum absolute atomic E-state index is 12.4. The number of hydrogen-bond donors (Lipinski definition) is 1. The third-order valence-corrected chi connectivity index (χ3v) is 5.05. The highest BCUT2D eigenvalue weighted by molar-refractivity contribution is 8.00. The van der Waals surface area contributed by atoms with Gasteiger partial charge in [0.05, 0.1) is 18.5 Å². The van der Waals surface area contributed by atoms with E-state index in [1.54, 1.807) is 24.3 Å². The quantitative estimate of drug-likeness (QED) is 0.631. The van der Waals surface area contributed by atoms with Crippen LogP contribution in [0.15, 0.2) is 47.4 Å². The first kappa shape index (κ1) is 18.3. The number of anilines is 1. The van der Waals surface area contributed by atoms with Gasteiger partial charge < -0.3 is 14.8 Å². The first-order chi connectivity index (χ1) is 12.5. The van der Waals surface area contributed by atoms with Crippen molar-refractivity contribution in [1.82, 2.24) is 0 Å². The van der Waals surface area contributed by atoms with Crippen molar-refractivity contribution >= 4 is 29.1 Å². The topological polar surface area (TPSA) is 64.6 Å². The lowest BCUT2D eigenvalue weighted by Gasteiger charge is -2.14. The summed E-state index contributed by atoms with van der Waals surface area (Å²) >= 11 is 1.46. The van der Waals surface area contributed by atoms with Gasteiger partial charge in [-0.15, -0.1) is 11.8 Å². The second kappa shape index (κ2) is 8.27. The molecule has 0 spiro atoms. The number of carbonyl (C=O) groups excluding carboxylic acids is 2. The Balaban J connectivity index is 1.62. The SMILES string of the molecule is CC(=O)c1ccc(NC(=O)[C@@H](C)Sc2ccc3c(c2)OCCCO3)cc1. The summed E-state index contributed by atoms with van der Waals surface area (Å²) in [5, 5.41) is 2.59. The van der Waals surface area contributed by atoms with E-state index < -0.39 is 0 Å². The molecule has 1 amide bonds. The zero-order chi connectivity index (χ0) is 18.5. The Kier molecular flexibility index (Phi) is 5.83. The minimum atomic E-state index is -0.285. The molecule has 136 valence electrons. The lowest BCUT2D eigenvalue weighted by Crippen LogP contribution is -2.22. The fourth-order valence-corrected chi connectivity index (χ4v) is 3.40. The van der Waals surface area contributed by atoms with Gasteiger partial charge in [0.25, 0.3) is 0 Å². The minimum Gasteiger partial charge on any atom is -0.490 e. The average Bonchev–Trinajstić information content (AvgIpc) is 2.87. The van der Waals surface area contributed by atoms with Gasteiger partial charge in [-0.3, -0.25) is 9.59 Å². The van der Waals surface area contributed by atoms with E-state index in [9.17, 15) is 9.59 Å². The van der Waals surface area contributed by atoms with Gasteiger partial charge in [-0.2, -0.15) is 0 Å². The van der Waals surface area contributed by atoms with Gasteiger partial charge in [0.2, 0.25) is 5.91 Å². The van der Waals surface area contributed by atoms with Crippen LogP contribution < -0.4 is 14.8 Å². The second-order valence-corrected chi connectivity index (χ2v) is 7.46. The summed E-state index contributed by atoms with van der Waals surface area (Å²) in [7, 11) is 0. The van der Waals surface area contributed by atoms with Crippen LogP contribution in [0.4, 0.5) is 5.69 Å². The van der Waals surface area contributed by atoms with Crippen LogP contribution in [0.3, 0.4) is 0 Å². The monoisotopic (exact) mass is 371 g/mol. The van der Waals surface area contributed by atoms with E-state index in [1.165, 1.54) is 18.7 Å². The lowest BCUT2D eigenvalue weighted by molar-refractivity contribution is -0.115. The highest BCUT2D eigenvalue weighted by Gasteiger charge is 2.17. The number of ketones is 1. The van der Waals surface area contributed by atoms with Crippen LogP contribution in [0.5, 0.6) is 11.5 Å². The molecular weight excluding hydrogens is 350 g/mol. The van der Waals surface area contributed by atoms with Crippen LogP contribution >= 0.6 is 11.8 Å². The zero-order valence-corrected chi connectivity index (χ0v) is 15.6. The van der Waals surface area contributed by atoms with E-state index in [-0.39, 0.29) is 16.9 Å². The standard InChI is InChI=1S/C20H21NO4S/c1-13(22)15-4-6-16(7-5-15)21-20(23)14(2)26-17-8-9-18-19(12-17)25-11-3-10-24-18/h4-9,12,14H,3,10-11H2,1-2H3,(H,21,23)/t14-/m1/s1. The Morgan fingerprint density at radius 3 is 2.42 bits per heavy atom. The molecule has 5 nitrogen and oxygen atoms in total. The number of carbonyl (C=O) groups is 2. The number of Topliss-reactive ketones (excluding diaryl/α,β-unsaturated/α-hetero) is 1. The molecule has 1 aliphatic heterocycles. The molecule has 1 N–H and O–H groups in total. The normalized spacial score (nSPS) is 14.2. The fraction of sp³-hybridized carbons (Fsp3) is 0.300. The number of ether oxygens (including phenoxy) is 2. The number of amides is 1. The number of benzene rings is 2. The summed E-state index contributed by atoms with van der Waals surface area (Å²) in [5.41, 5.74) is 1.30. The highest BCUT2D eigenvalue weighted by atomic mass is 32.2. The maximum Gasteiger partial charge on any atom is 0.237 e. The second-order valence-electron chi connectivity index (χ2n) is 6.04. The molecule has 0 radical (unpaired) electrons. The molecule has 0 saturated heterocycles. The summed E-state index contributed by atoms with van der Waals surface area (Å²) < 4.78 is 11.3. The fourth-order valence-electron chi connectivity index (χ4n) is 2.51. The molecule has 0 unspecified atom stereocenters. The molecule has 0 saturated carbocycles. The Morgan fingerprint density at radius 1 is 1.04 bits per heavy atom. The van der Waals surface area contributed by atoms with Crippen LogP contribution in [0.1, 0.15) is 30.6 Å². The van der Waals surface area contributed by atoms with Crippen molar-refractivity contribution in [2.45, 2.75) is 30.4 Å². The number of nitrogens with one attached hydrogen (secondary N) is 1. The third-order valence-electron chi connectivity index (χ3n) is 3.96. The number of hydrogen-bond acceptors (Lipinski definition) is 5. The Bertz CT molecular complexity index is 804. The van der Waals surface area contributed by atoms with Crippen LogP contribution in [0.25, 0.3) is 0 Å². The van der Waals surface area contributed by atoms with Gasteiger partial charge in [-0.1, -0.05) is 0 Å². The molecule has 0 aliphatic carbocycles. The van der Waals surface area contributed by atoms with Crippen molar-refractivity contribution in [3.8, 4) is 11.5 Å². The van der Waals surface area contributed by atoms with Crippen molar-refractivity contribution < 1.29 is 19.1 Å². The molecule has 0 fully saturated rings. The molecule has 2 aromatic carbocycles.